The van der Waals surface area contributed by atoms with Gasteiger partial charge in [-0.1, -0.05) is 18.2 Å². The Bertz CT molecular complexity index is 1100. The van der Waals surface area contributed by atoms with Crippen LogP contribution in [0.25, 0.3) is 10.8 Å². The fourth-order valence-corrected chi connectivity index (χ4v) is 3.62. The molecule has 0 N–H and O–H groups in total. The summed E-state index contributed by atoms with van der Waals surface area (Å²) < 4.78 is 12.0. The molecule has 0 atom stereocenters. The average molecular weight is 408 g/mol. The van der Waals surface area contributed by atoms with Gasteiger partial charge < -0.3 is 14.4 Å². The number of benzene rings is 2. The van der Waals surface area contributed by atoms with Crippen molar-refractivity contribution in [2.24, 2.45) is 0 Å². The van der Waals surface area contributed by atoms with E-state index in [0.29, 0.717) is 55.3 Å². The third-order valence-corrected chi connectivity index (χ3v) is 5.35. The molecule has 0 saturated carbocycles. The maximum absolute atomic E-state index is 12.9. The Morgan fingerprint density at radius 2 is 1.67 bits per heavy atom. The maximum Gasteiger partial charge on any atom is 0.275 e. The second-order valence-corrected chi connectivity index (χ2v) is 7.19. The molecule has 0 bridgehead atoms. The monoisotopic (exact) mass is 408 g/mol. The minimum atomic E-state index is -0.102. The van der Waals surface area contributed by atoms with Crippen molar-refractivity contribution in [1.82, 2.24) is 19.6 Å². The standard InChI is InChI=1S/C22H24N4O4/c1-29-18-11-17(12-19(13-18)30-2)21(27)25-9-7-24(8-10-25)15-26-22(28)20-6-4-3-5-16(20)14-23-26/h3-6,11-14H,7-10,15H2,1-2H3. The number of carbonyl (C=O) groups excluding carboxylic acids is 1. The molecular formula is C22H24N4O4. The Labute approximate surface area is 174 Å². The number of ether oxygens (including phenoxy) is 2. The van der Waals surface area contributed by atoms with E-state index in [0.717, 1.165) is 5.39 Å². The molecule has 3 aromatic rings. The van der Waals surface area contributed by atoms with Crippen LogP contribution >= 0.6 is 0 Å². The lowest BCUT2D eigenvalue weighted by molar-refractivity contribution is 0.0582. The van der Waals surface area contributed by atoms with Crippen LogP contribution < -0.4 is 15.0 Å². The highest BCUT2D eigenvalue weighted by Gasteiger charge is 2.23. The lowest BCUT2D eigenvalue weighted by atomic mass is 10.1. The van der Waals surface area contributed by atoms with Crippen LogP contribution in [0.2, 0.25) is 0 Å². The number of piperazine rings is 1. The quantitative estimate of drug-likeness (QED) is 0.641. The summed E-state index contributed by atoms with van der Waals surface area (Å²) in [7, 11) is 3.12. The van der Waals surface area contributed by atoms with Gasteiger partial charge in [-0.3, -0.25) is 14.5 Å². The normalized spacial score (nSPS) is 14.7. The number of rotatable bonds is 5. The van der Waals surface area contributed by atoms with Crippen LogP contribution in [0, 0.1) is 0 Å². The summed E-state index contributed by atoms with van der Waals surface area (Å²) in [6.07, 6.45) is 1.71. The third-order valence-electron chi connectivity index (χ3n) is 5.35. The van der Waals surface area contributed by atoms with E-state index in [1.54, 1.807) is 43.5 Å². The van der Waals surface area contributed by atoms with E-state index in [9.17, 15) is 9.59 Å². The molecule has 2 heterocycles. The lowest BCUT2D eigenvalue weighted by Crippen LogP contribution is -2.49. The van der Waals surface area contributed by atoms with Gasteiger partial charge in [-0.2, -0.15) is 5.10 Å². The van der Waals surface area contributed by atoms with E-state index in [1.807, 2.05) is 24.3 Å². The van der Waals surface area contributed by atoms with E-state index in [-0.39, 0.29) is 11.5 Å². The zero-order valence-corrected chi connectivity index (χ0v) is 17.1. The summed E-state index contributed by atoms with van der Waals surface area (Å²) >= 11 is 0. The van der Waals surface area contributed by atoms with Gasteiger partial charge in [0.1, 0.15) is 11.5 Å². The predicted molar refractivity (Wildman–Crippen MR) is 113 cm³/mol. The highest BCUT2D eigenvalue weighted by Crippen LogP contribution is 2.23. The van der Waals surface area contributed by atoms with Crippen molar-refractivity contribution in [3.05, 3.63) is 64.6 Å². The van der Waals surface area contributed by atoms with Crippen LogP contribution in [0.4, 0.5) is 0 Å². The van der Waals surface area contributed by atoms with Crippen molar-refractivity contribution >= 4 is 16.7 Å². The number of aromatic nitrogens is 2. The number of nitrogens with zero attached hydrogens (tertiary/aromatic N) is 4. The van der Waals surface area contributed by atoms with Gasteiger partial charge in [0, 0.05) is 43.2 Å². The highest BCUT2D eigenvalue weighted by atomic mass is 16.5. The van der Waals surface area contributed by atoms with E-state index >= 15 is 0 Å². The highest BCUT2D eigenvalue weighted by molar-refractivity contribution is 5.95. The fraction of sp³-hybridized carbons (Fsp3) is 0.318. The molecule has 0 radical (unpaired) electrons. The fourth-order valence-electron chi connectivity index (χ4n) is 3.62. The van der Waals surface area contributed by atoms with Gasteiger partial charge in [-0.15, -0.1) is 0 Å². The van der Waals surface area contributed by atoms with Crippen LogP contribution in [0.3, 0.4) is 0 Å². The molecule has 0 unspecified atom stereocenters. The van der Waals surface area contributed by atoms with Crippen LogP contribution in [-0.2, 0) is 6.67 Å². The van der Waals surface area contributed by atoms with E-state index in [1.165, 1.54) is 4.68 Å². The molecule has 1 amide bonds. The molecule has 0 spiro atoms. The zero-order chi connectivity index (χ0) is 21.1. The number of fused-ring (bicyclic) bond motifs is 1. The molecule has 8 nitrogen and oxygen atoms in total. The third kappa shape index (κ3) is 3.99. The molecule has 0 aliphatic carbocycles. The summed E-state index contributed by atoms with van der Waals surface area (Å²) in [6.45, 7) is 2.86. The average Bonchev–Trinajstić information content (AvgIpc) is 2.80. The van der Waals surface area contributed by atoms with Gasteiger partial charge in [0.25, 0.3) is 11.5 Å². The van der Waals surface area contributed by atoms with Gasteiger partial charge in [-0.05, 0) is 18.2 Å². The Hall–Kier alpha value is -3.39. The minimum Gasteiger partial charge on any atom is -0.497 e. The minimum absolute atomic E-state index is 0.0622. The van der Waals surface area contributed by atoms with Gasteiger partial charge in [0.05, 0.1) is 32.5 Å². The summed E-state index contributed by atoms with van der Waals surface area (Å²) in [6, 6.07) is 12.6. The van der Waals surface area contributed by atoms with Crippen molar-refractivity contribution in [3.8, 4) is 11.5 Å². The van der Waals surface area contributed by atoms with Crippen molar-refractivity contribution in [2.45, 2.75) is 6.67 Å². The predicted octanol–water partition coefficient (Wildman–Crippen LogP) is 1.83. The smallest absolute Gasteiger partial charge is 0.275 e. The SMILES string of the molecule is COc1cc(OC)cc(C(=O)N2CCN(Cn3ncc4ccccc4c3=O)CC2)c1. The van der Waals surface area contributed by atoms with Gasteiger partial charge in [0.2, 0.25) is 0 Å². The molecule has 156 valence electrons. The van der Waals surface area contributed by atoms with E-state index in [4.69, 9.17) is 9.47 Å². The zero-order valence-electron chi connectivity index (χ0n) is 17.1. The molecule has 4 rings (SSSR count). The van der Waals surface area contributed by atoms with Gasteiger partial charge in [-0.25, -0.2) is 4.68 Å². The Morgan fingerprint density at radius 1 is 1.00 bits per heavy atom. The van der Waals surface area contributed by atoms with Crippen molar-refractivity contribution in [2.75, 3.05) is 40.4 Å². The maximum atomic E-state index is 12.9. The molecule has 2 aromatic carbocycles. The number of carbonyl (C=O) groups is 1. The molecule has 1 saturated heterocycles. The van der Waals surface area contributed by atoms with Crippen molar-refractivity contribution < 1.29 is 14.3 Å². The van der Waals surface area contributed by atoms with Crippen LogP contribution in [0.5, 0.6) is 11.5 Å². The van der Waals surface area contributed by atoms with E-state index in [2.05, 4.69) is 10.00 Å². The summed E-state index contributed by atoms with van der Waals surface area (Å²) in [4.78, 5) is 29.5. The topological polar surface area (TPSA) is 76.9 Å². The first-order valence-electron chi connectivity index (χ1n) is 9.78. The van der Waals surface area contributed by atoms with Gasteiger partial charge in [0.15, 0.2) is 0 Å². The number of hydrogen-bond acceptors (Lipinski definition) is 6. The summed E-state index contributed by atoms with van der Waals surface area (Å²) in [5.41, 5.74) is 0.433. The number of hydrogen-bond donors (Lipinski definition) is 0. The first kappa shape index (κ1) is 19.9. The molecular weight excluding hydrogens is 384 g/mol. The van der Waals surface area contributed by atoms with Crippen LogP contribution in [0.1, 0.15) is 10.4 Å². The van der Waals surface area contributed by atoms with E-state index < -0.39 is 0 Å². The van der Waals surface area contributed by atoms with Gasteiger partial charge >= 0.3 is 0 Å². The largest absolute Gasteiger partial charge is 0.497 e. The first-order chi connectivity index (χ1) is 14.6. The number of methoxy groups -OCH3 is 2. The molecule has 1 aromatic heterocycles. The summed E-state index contributed by atoms with van der Waals surface area (Å²) in [5.74, 6) is 1.10. The Morgan fingerprint density at radius 3 is 2.33 bits per heavy atom. The second-order valence-electron chi connectivity index (χ2n) is 7.19. The van der Waals surface area contributed by atoms with Crippen LogP contribution in [0.15, 0.2) is 53.5 Å². The van der Waals surface area contributed by atoms with Crippen LogP contribution in [-0.4, -0.2) is 65.9 Å². The second kappa shape index (κ2) is 8.54. The Balaban J connectivity index is 1.42. The van der Waals surface area contributed by atoms with Crippen molar-refractivity contribution in [3.63, 3.8) is 0 Å². The molecule has 30 heavy (non-hydrogen) atoms. The van der Waals surface area contributed by atoms with Crippen molar-refractivity contribution in [1.29, 1.82) is 0 Å². The lowest BCUT2D eigenvalue weighted by Gasteiger charge is -2.34. The first-order valence-corrected chi connectivity index (χ1v) is 9.78. The molecule has 8 heteroatoms. The molecule has 1 fully saturated rings. The number of amides is 1. The summed E-state index contributed by atoms with van der Waals surface area (Å²) in [5, 5.41) is 5.79. The molecule has 1 aliphatic heterocycles. The Kier molecular flexibility index (Phi) is 5.67. The molecule has 1 aliphatic rings.